The molecule has 4 nitrogen and oxygen atoms in total. The molecule has 0 fully saturated rings. The highest BCUT2D eigenvalue weighted by Crippen LogP contribution is 2.31. The minimum Gasteiger partial charge on any atom is -0.341 e. The molecule has 1 heterocycles. The van der Waals surface area contributed by atoms with Crippen molar-refractivity contribution in [3.8, 4) is 6.07 Å². The molecular weight excluding hydrogens is 334 g/mol. The Hall–Kier alpha value is -3.58. The van der Waals surface area contributed by atoms with Crippen molar-refractivity contribution in [1.82, 2.24) is 0 Å². The first kappa shape index (κ1) is 18.2. The zero-order chi connectivity index (χ0) is 19.2. The van der Waals surface area contributed by atoms with Gasteiger partial charge in [-0.25, -0.2) is 0 Å². The average molecular weight is 355 g/mol. The predicted molar refractivity (Wildman–Crippen MR) is 110 cm³/mol. The predicted octanol–water partition coefficient (Wildman–Crippen LogP) is 4.82. The van der Waals surface area contributed by atoms with Crippen molar-refractivity contribution in [2.75, 3.05) is 16.8 Å². The highest BCUT2D eigenvalue weighted by molar-refractivity contribution is 6.06. The number of hydrogen-bond donors (Lipinski definition) is 1. The number of nitrogens with zero attached hydrogens (tertiary/aromatic N) is 2. The fraction of sp³-hybridized carbons (Fsp3) is 0.130. The van der Waals surface area contributed by atoms with Crippen LogP contribution in [0.1, 0.15) is 18.1 Å². The lowest BCUT2D eigenvalue weighted by Gasteiger charge is -2.29. The second kappa shape index (κ2) is 8.20. The van der Waals surface area contributed by atoms with Crippen LogP contribution in [0, 0.1) is 18.3 Å². The standard InChI is InChI=1S/C23H21N3O/c1-3-26-21(12-10-18-15-17(2)9-14-22(18)26)13-11-19(16-24)23(27)25-20-7-5-4-6-8-20/h4-15H,3H2,1-2H3,(H,25,27)/b19-11-,21-13+. The molecule has 0 aliphatic carbocycles. The second-order valence-electron chi connectivity index (χ2n) is 6.24. The van der Waals surface area contributed by atoms with Gasteiger partial charge in [0.25, 0.3) is 5.91 Å². The van der Waals surface area contributed by atoms with Crippen molar-refractivity contribution in [1.29, 1.82) is 5.26 Å². The molecule has 1 amide bonds. The third-order valence-electron chi connectivity index (χ3n) is 4.35. The highest BCUT2D eigenvalue weighted by atomic mass is 16.1. The quantitative estimate of drug-likeness (QED) is 0.632. The van der Waals surface area contributed by atoms with Crippen LogP contribution in [-0.2, 0) is 4.79 Å². The van der Waals surface area contributed by atoms with E-state index in [2.05, 4.69) is 48.3 Å². The van der Waals surface area contributed by atoms with Crippen molar-refractivity contribution >= 4 is 23.4 Å². The number of fused-ring (bicyclic) bond motifs is 1. The smallest absolute Gasteiger partial charge is 0.266 e. The third kappa shape index (κ3) is 4.16. The Labute approximate surface area is 159 Å². The fourth-order valence-electron chi connectivity index (χ4n) is 3.01. The number of likely N-dealkylation sites (N-methyl/N-ethyl adjacent to an activating group) is 1. The van der Waals surface area contributed by atoms with Gasteiger partial charge in [-0.15, -0.1) is 0 Å². The largest absolute Gasteiger partial charge is 0.341 e. The van der Waals surface area contributed by atoms with E-state index in [1.54, 1.807) is 18.2 Å². The van der Waals surface area contributed by atoms with E-state index in [0.29, 0.717) is 5.69 Å². The van der Waals surface area contributed by atoms with E-state index in [9.17, 15) is 10.1 Å². The molecule has 2 aromatic carbocycles. The molecule has 0 spiro atoms. The van der Waals surface area contributed by atoms with Crippen LogP contribution < -0.4 is 10.2 Å². The lowest BCUT2D eigenvalue weighted by Crippen LogP contribution is -2.23. The number of amides is 1. The monoisotopic (exact) mass is 355 g/mol. The van der Waals surface area contributed by atoms with E-state index < -0.39 is 5.91 Å². The Morgan fingerprint density at radius 3 is 2.67 bits per heavy atom. The van der Waals surface area contributed by atoms with E-state index in [0.717, 1.165) is 17.9 Å². The summed E-state index contributed by atoms with van der Waals surface area (Å²) >= 11 is 0. The van der Waals surface area contributed by atoms with Gasteiger partial charge in [-0.3, -0.25) is 4.79 Å². The lowest BCUT2D eigenvalue weighted by molar-refractivity contribution is -0.112. The number of nitriles is 1. The first-order valence-electron chi connectivity index (χ1n) is 8.87. The Morgan fingerprint density at radius 1 is 1.19 bits per heavy atom. The van der Waals surface area contributed by atoms with Gasteiger partial charge in [0.15, 0.2) is 0 Å². The second-order valence-corrected chi connectivity index (χ2v) is 6.24. The molecule has 0 saturated carbocycles. The zero-order valence-corrected chi connectivity index (χ0v) is 15.4. The van der Waals surface area contributed by atoms with Gasteiger partial charge in [-0.1, -0.05) is 35.9 Å². The highest BCUT2D eigenvalue weighted by Gasteiger charge is 2.16. The van der Waals surface area contributed by atoms with Crippen LogP contribution in [0.4, 0.5) is 11.4 Å². The fourth-order valence-corrected chi connectivity index (χ4v) is 3.01. The number of nitrogens with one attached hydrogen (secondary N) is 1. The van der Waals surface area contributed by atoms with E-state index in [1.165, 1.54) is 11.1 Å². The molecule has 0 unspecified atom stereocenters. The summed E-state index contributed by atoms with van der Waals surface area (Å²) in [6.07, 6.45) is 7.45. The van der Waals surface area contributed by atoms with Gasteiger partial charge < -0.3 is 10.2 Å². The Morgan fingerprint density at radius 2 is 1.96 bits per heavy atom. The molecule has 3 rings (SSSR count). The Balaban J connectivity index is 1.85. The van der Waals surface area contributed by atoms with Crippen molar-refractivity contribution in [2.24, 2.45) is 0 Å². The SMILES string of the molecule is CCN1/C(=C/C=C(/C#N)C(=O)Nc2ccccc2)C=Cc2cc(C)ccc21. The number of carbonyl (C=O) groups is 1. The molecule has 1 N–H and O–H groups in total. The zero-order valence-electron chi connectivity index (χ0n) is 15.4. The Kier molecular flexibility index (Phi) is 5.53. The van der Waals surface area contributed by atoms with Gasteiger partial charge in [0.1, 0.15) is 11.6 Å². The van der Waals surface area contributed by atoms with Crippen molar-refractivity contribution in [2.45, 2.75) is 13.8 Å². The maximum Gasteiger partial charge on any atom is 0.266 e. The molecule has 0 saturated heterocycles. The Bertz CT molecular complexity index is 978. The number of hydrogen-bond acceptors (Lipinski definition) is 3. The van der Waals surface area contributed by atoms with Crippen LogP contribution in [-0.4, -0.2) is 12.5 Å². The summed E-state index contributed by atoms with van der Waals surface area (Å²) in [7, 11) is 0. The number of anilines is 2. The molecule has 0 radical (unpaired) electrons. The van der Waals surface area contributed by atoms with Crippen LogP contribution in [0.3, 0.4) is 0 Å². The molecule has 1 aliphatic rings. The van der Waals surface area contributed by atoms with Gasteiger partial charge >= 0.3 is 0 Å². The van der Waals surface area contributed by atoms with Crippen LogP contribution in [0.15, 0.2) is 78.0 Å². The molecule has 0 bridgehead atoms. The summed E-state index contributed by atoms with van der Waals surface area (Å²) in [5.74, 6) is -0.417. The summed E-state index contributed by atoms with van der Waals surface area (Å²) in [6, 6.07) is 17.4. The molecule has 4 heteroatoms. The minimum atomic E-state index is -0.417. The van der Waals surface area contributed by atoms with E-state index >= 15 is 0 Å². The van der Waals surface area contributed by atoms with Gasteiger partial charge in [0.2, 0.25) is 0 Å². The van der Waals surface area contributed by atoms with Gasteiger partial charge in [0, 0.05) is 23.6 Å². The average Bonchev–Trinajstić information content (AvgIpc) is 2.68. The van der Waals surface area contributed by atoms with E-state index in [4.69, 9.17) is 0 Å². The first-order chi connectivity index (χ1) is 13.1. The van der Waals surface area contributed by atoms with Crippen molar-refractivity contribution < 1.29 is 4.79 Å². The first-order valence-corrected chi connectivity index (χ1v) is 8.87. The number of carbonyl (C=O) groups excluding carboxylic acids is 1. The molecular formula is C23H21N3O. The number of benzene rings is 2. The summed E-state index contributed by atoms with van der Waals surface area (Å²) in [4.78, 5) is 14.5. The van der Waals surface area contributed by atoms with Gasteiger partial charge in [0.05, 0.1) is 0 Å². The number of para-hydroxylation sites is 1. The van der Waals surface area contributed by atoms with Gasteiger partial charge in [-0.05, 0) is 61.9 Å². The molecule has 2 aromatic rings. The van der Waals surface area contributed by atoms with Crippen LogP contribution in [0.25, 0.3) is 6.08 Å². The number of rotatable bonds is 4. The van der Waals surface area contributed by atoms with Crippen LogP contribution in [0.2, 0.25) is 0 Å². The molecule has 1 aliphatic heterocycles. The summed E-state index contributed by atoms with van der Waals surface area (Å²) in [5.41, 5.74) is 5.16. The number of allylic oxidation sites excluding steroid dienone is 3. The number of aryl methyl sites for hydroxylation is 1. The van der Waals surface area contributed by atoms with E-state index in [1.807, 2.05) is 36.4 Å². The van der Waals surface area contributed by atoms with Crippen LogP contribution >= 0.6 is 0 Å². The van der Waals surface area contributed by atoms with E-state index in [-0.39, 0.29) is 5.57 Å². The van der Waals surface area contributed by atoms with Crippen LogP contribution in [0.5, 0.6) is 0 Å². The summed E-state index contributed by atoms with van der Waals surface area (Å²) in [6.45, 7) is 4.94. The minimum absolute atomic E-state index is 0.0607. The third-order valence-corrected chi connectivity index (χ3v) is 4.35. The lowest BCUT2D eigenvalue weighted by atomic mass is 10.0. The summed E-state index contributed by atoms with van der Waals surface area (Å²) < 4.78 is 0. The molecule has 0 atom stereocenters. The normalized spacial score (nSPS) is 14.6. The van der Waals surface area contributed by atoms with Crippen molar-refractivity contribution in [3.63, 3.8) is 0 Å². The van der Waals surface area contributed by atoms with Gasteiger partial charge in [-0.2, -0.15) is 5.26 Å². The summed E-state index contributed by atoms with van der Waals surface area (Å²) in [5, 5.41) is 12.1. The maximum absolute atomic E-state index is 12.3. The molecule has 134 valence electrons. The molecule has 0 aromatic heterocycles. The maximum atomic E-state index is 12.3. The van der Waals surface area contributed by atoms with Crippen molar-refractivity contribution in [3.05, 3.63) is 89.2 Å². The topological polar surface area (TPSA) is 56.1 Å². The molecule has 27 heavy (non-hydrogen) atoms.